The molecule has 0 saturated carbocycles. The van der Waals surface area contributed by atoms with Crippen molar-refractivity contribution in [2.75, 3.05) is 0 Å². The Labute approximate surface area is 119 Å². The Bertz CT molecular complexity index is 532. The highest BCUT2D eigenvalue weighted by molar-refractivity contribution is 5.24. The molecule has 0 aromatic heterocycles. The summed E-state index contributed by atoms with van der Waals surface area (Å²) in [6, 6.07) is 4.31. The van der Waals surface area contributed by atoms with Gasteiger partial charge in [-0.15, -0.1) is 0 Å². The maximum Gasteiger partial charge on any atom is 0.162 e. The third kappa shape index (κ3) is 3.92. The first-order valence-electron chi connectivity index (χ1n) is 6.96. The minimum atomic E-state index is -0.786. The molecule has 0 amide bonds. The van der Waals surface area contributed by atoms with Gasteiger partial charge in [-0.3, -0.25) is 0 Å². The Balaban J connectivity index is 1.93. The maximum absolute atomic E-state index is 13.6. The SMILES string of the molecule is CC1=COC(C/C=C(/C)Cc2cccc(F)c2F)CC1. The van der Waals surface area contributed by atoms with E-state index in [-0.39, 0.29) is 6.10 Å². The van der Waals surface area contributed by atoms with Crippen LogP contribution in [0, 0.1) is 11.6 Å². The number of rotatable bonds is 4. The highest BCUT2D eigenvalue weighted by Crippen LogP contribution is 2.21. The van der Waals surface area contributed by atoms with Crippen LogP contribution in [-0.2, 0) is 11.2 Å². The number of allylic oxidation sites excluding steroid dienone is 2. The fourth-order valence-electron chi connectivity index (χ4n) is 2.29. The van der Waals surface area contributed by atoms with E-state index in [1.165, 1.54) is 5.57 Å². The van der Waals surface area contributed by atoms with Crippen molar-refractivity contribution in [3.05, 3.63) is 58.9 Å². The van der Waals surface area contributed by atoms with Gasteiger partial charge in [-0.1, -0.05) is 23.8 Å². The quantitative estimate of drug-likeness (QED) is 0.710. The predicted octanol–water partition coefficient (Wildman–Crippen LogP) is 4.93. The summed E-state index contributed by atoms with van der Waals surface area (Å²) in [5, 5.41) is 0. The number of halogens is 2. The van der Waals surface area contributed by atoms with E-state index in [4.69, 9.17) is 4.74 Å². The van der Waals surface area contributed by atoms with Gasteiger partial charge in [0, 0.05) is 6.42 Å². The number of hydrogen-bond donors (Lipinski definition) is 0. The summed E-state index contributed by atoms with van der Waals surface area (Å²) in [6.45, 7) is 4.00. The zero-order valence-corrected chi connectivity index (χ0v) is 12.0. The third-order valence-corrected chi connectivity index (χ3v) is 3.55. The van der Waals surface area contributed by atoms with Crippen molar-refractivity contribution in [1.82, 2.24) is 0 Å². The lowest BCUT2D eigenvalue weighted by Crippen LogP contribution is -2.13. The lowest BCUT2D eigenvalue weighted by Gasteiger charge is -2.20. The van der Waals surface area contributed by atoms with Gasteiger partial charge >= 0.3 is 0 Å². The van der Waals surface area contributed by atoms with Crippen LogP contribution in [0.3, 0.4) is 0 Å². The molecule has 1 unspecified atom stereocenters. The monoisotopic (exact) mass is 278 g/mol. The van der Waals surface area contributed by atoms with Crippen LogP contribution >= 0.6 is 0 Å². The zero-order chi connectivity index (χ0) is 14.5. The second-order valence-corrected chi connectivity index (χ2v) is 5.44. The van der Waals surface area contributed by atoms with Crippen molar-refractivity contribution in [3.63, 3.8) is 0 Å². The minimum Gasteiger partial charge on any atom is -0.498 e. The minimum absolute atomic E-state index is 0.200. The Hall–Kier alpha value is -1.64. The van der Waals surface area contributed by atoms with Gasteiger partial charge in [0.2, 0.25) is 0 Å². The standard InChI is InChI=1S/C17H20F2O/c1-12(6-8-15-9-7-13(2)11-20-15)10-14-4-3-5-16(18)17(14)19/h3-6,11,15H,7-10H2,1-2H3/b12-6-. The molecule has 0 bridgehead atoms. The van der Waals surface area contributed by atoms with E-state index in [1.54, 1.807) is 12.1 Å². The van der Waals surface area contributed by atoms with E-state index in [0.717, 1.165) is 30.9 Å². The molecule has 0 fully saturated rings. The molecule has 3 heteroatoms. The Morgan fingerprint density at radius 3 is 2.90 bits per heavy atom. The number of benzene rings is 1. The summed E-state index contributed by atoms with van der Waals surface area (Å²) in [5.74, 6) is -1.53. The number of ether oxygens (including phenoxy) is 1. The van der Waals surface area contributed by atoms with Gasteiger partial charge in [-0.25, -0.2) is 8.78 Å². The molecule has 20 heavy (non-hydrogen) atoms. The summed E-state index contributed by atoms with van der Waals surface area (Å²) in [5.41, 5.74) is 2.70. The summed E-state index contributed by atoms with van der Waals surface area (Å²) >= 11 is 0. The molecule has 0 N–H and O–H groups in total. The molecule has 1 aromatic carbocycles. The molecule has 0 aliphatic carbocycles. The molecule has 0 radical (unpaired) electrons. The fourth-order valence-corrected chi connectivity index (χ4v) is 2.29. The topological polar surface area (TPSA) is 9.23 Å². The summed E-state index contributed by atoms with van der Waals surface area (Å²) < 4.78 is 32.3. The second-order valence-electron chi connectivity index (χ2n) is 5.44. The van der Waals surface area contributed by atoms with Crippen molar-refractivity contribution in [1.29, 1.82) is 0 Å². The van der Waals surface area contributed by atoms with Crippen molar-refractivity contribution in [2.24, 2.45) is 0 Å². The van der Waals surface area contributed by atoms with Crippen molar-refractivity contribution in [3.8, 4) is 0 Å². The van der Waals surface area contributed by atoms with Crippen LogP contribution in [0.2, 0.25) is 0 Å². The van der Waals surface area contributed by atoms with Crippen LogP contribution in [0.4, 0.5) is 8.78 Å². The Morgan fingerprint density at radius 1 is 1.40 bits per heavy atom. The number of hydrogen-bond acceptors (Lipinski definition) is 1. The normalized spacial score (nSPS) is 19.5. The van der Waals surface area contributed by atoms with E-state index in [9.17, 15) is 8.78 Å². The third-order valence-electron chi connectivity index (χ3n) is 3.55. The first-order valence-corrected chi connectivity index (χ1v) is 6.96. The van der Waals surface area contributed by atoms with E-state index in [0.29, 0.717) is 12.0 Å². The van der Waals surface area contributed by atoms with Crippen LogP contribution in [0.15, 0.2) is 41.7 Å². The Morgan fingerprint density at radius 2 is 2.20 bits per heavy atom. The van der Waals surface area contributed by atoms with Crippen LogP contribution in [0.5, 0.6) is 0 Å². The first kappa shape index (κ1) is 14.8. The molecule has 0 saturated heterocycles. The smallest absolute Gasteiger partial charge is 0.162 e. The predicted molar refractivity (Wildman–Crippen MR) is 76.3 cm³/mol. The first-order chi connectivity index (χ1) is 9.56. The van der Waals surface area contributed by atoms with Crippen LogP contribution < -0.4 is 0 Å². The Kier molecular flexibility index (Phi) is 4.94. The van der Waals surface area contributed by atoms with Crippen molar-refractivity contribution in [2.45, 2.75) is 45.6 Å². The van der Waals surface area contributed by atoms with Gasteiger partial charge in [-0.05, 0) is 50.3 Å². The molecule has 1 atom stereocenters. The van der Waals surface area contributed by atoms with Crippen LogP contribution in [0.1, 0.15) is 38.7 Å². The van der Waals surface area contributed by atoms with Gasteiger partial charge in [0.25, 0.3) is 0 Å². The van der Waals surface area contributed by atoms with Gasteiger partial charge in [0.1, 0.15) is 6.10 Å². The van der Waals surface area contributed by atoms with Crippen molar-refractivity contribution < 1.29 is 13.5 Å². The van der Waals surface area contributed by atoms with E-state index >= 15 is 0 Å². The molecular weight excluding hydrogens is 258 g/mol. The molecule has 1 heterocycles. The average molecular weight is 278 g/mol. The van der Waals surface area contributed by atoms with Gasteiger partial charge < -0.3 is 4.74 Å². The molecule has 0 spiro atoms. The van der Waals surface area contributed by atoms with Crippen molar-refractivity contribution >= 4 is 0 Å². The molecule has 1 nitrogen and oxygen atoms in total. The molecule has 108 valence electrons. The van der Waals surface area contributed by atoms with Gasteiger partial charge in [-0.2, -0.15) is 0 Å². The molecule has 1 aliphatic rings. The highest BCUT2D eigenvalue weighted by Gasteiger charge is 2.12. The van der Waals surface area contributed by atoms with Crippen LogP contribution in [-0.4, -0.2) is 6.10 Å². The van der Waals surface area contributed by atoms with E-state index in [2.05, 4.69) is 13.0 Å². The molecule has 2 rings (SSSR count). The maximum atomic E-state index is 13.6. The highest BCUT2D eigenvalue weighted by atomic mass is 19.2. The molecular formula is C17H20F2O. The summed E-state index contributed by atoms with van der Waals surface area (Å²) in [4.78, 5) is 0. The van der Waals surface area contributed by atoms with Gasteiger partial charge in [0.05, 0.1) is 6.26 Å². The molecule has 1 aromatic rings. The average Bonchev–Trinajstić information content (AvgIpc) is 2.43. The largest absolute Gasteiger partial charge is 0.498 e. The van der Waals surface area contributed by atoms with E-state index in [1.807, 2.05) is 13.2 Å². The molecule has 1 aliphatic heterocycles. The second kappa shape index (κ2) is 6.69. The fraction of sp³-hybridized carbons (Fsp3) is 0.412. The van der Waals surface area contributed by atoms with Gasteiger partial charge in [0.15, 0.2) is 11.6 Å². The van der Waals surface area contributed by atoms with Crippen LogP contribution in [0.25, 0.3) is 0 Å². The van der Waals surface area contributed by atoms with E-state index < -0.39 is 11.6 Å². The summed E-state index contributed by atoms with van der Waals surface area (Å²) in [6.07, 6.45) is 7.41. The lowest BCUT2D eigenvalue weighted by atomic mass is 10.0. The lowest BCUT2D eigenvalue weighted by molar-refractivity contribution is 0.122. The summed E-state index contributed by atoms with van der Waals surface area (Å²) in [7, 11) is 0. The zero-order valence-electron chi connectivity index (χ0n) is 12.0.